The van der Waals surface area contributed by atoms with Crippen LogP contribution in [-0.2, 0) is 16.0 Å². The van der Waals surface area contributed by atoms with E-state index in [-0.39, 0.29) is 6.10 Å². The minimum absolute atomic E-state index is 0.0866. The Morgan fingerprint density at radius 3 is 2.73 bits per heavy atom. The molecule has 3 rings (SSSR count). The molecule has 1 atom stereocenters. The Bertz CT molecular complexity index is 928. The fourth-order valence-electron chi connectivity index (χ4n) is 3.17. The van der Waals surface area contributed by atoms with Gasteiger partial charge in [0.1, 0.15) is 11.8 Å². The number of hydrogen-bond acceptors (Lipinski definition) is 6. The minimum atomic E-state index is 0.0866. The van der Waals surface area contributed by atoms with Gasteiger partial charge in [-0.3, -0.25) is 0 Å². The number of terminal acetylenes is 1. The van der Waals surface area contributed by atoms with Crippen molar-refractivity contribution in [2.45, 2.75) is 38.3 Å². The smallest absolute Gasteiger partial charge is 0.165 e. The number of methoxy groups -OCH3 is 1. The normalized spacial score (nSPS) is 11.7. The van der Waals surface area contributed by atoms with Gasteiger partial charge >= 0.3 is 0 Å². The van der Waals surface area contributed by atoms with E-state index in [9.17, 15) is 0 Å². The van der Waals surface area contributed by atoms with Gasteiger partial charge in [0.05, 0.1) is 19.0 Å². The van der Waals surface area contributed by atoms with Crippen molar-refractivity contribution in [3.05, 3.63) is 47.5 Å². The molecule has 2 heterocycles. The molecule has 30 heavy (non-hydrogen) atoms. The molecule has 1 aromatic carbocycles. The van der Waals surface area contributed by atoms with Crippen molar-refractivity contribution in [3.63, 3.8) is 0 Å². The van der Waals surface area contributed by atoms with Crippen molar-refractivity contribution in [1.29, 1.82) is 0 Å². The molecule has 0 aliphatic rings. The van der Waals surface area contributed by atoms with Crippen molar-refractivity contribution in [2.75, 3.05) is 26.1 Å². The summed E-state index contributed by atoms with van der Waals surface area (Å²) in [6.07, 6.45) is 15.4. The summed E-state index contributed by atoms with van der Waals surface area (Å²) in [7, 11) is 1.74. The fraction of sp³-hybridized carbons (Fsp3) is 0.409. The van der Waals surface area contributed by atoms with Crippen LogP contribution in [0.15, 0.2) is 36.9 Å². The Morgan fingerprint density at radius 1 is 1.13 bits per heavy atom. The number of ether oxygens (including phenoxy) is 2. The Hall–Kier alpha value is -2.66. The summed E-state index contributed by atoms with van der Waals surface area (Å²) in [5.74, 6) is 0.400. The summed E-state index contributed by atoms with van der Waals surface area (Å²) < 4.78 is 13.3. The molecule has 0 bridgehead atoms. The fourth-order valence-corrected chi connectivity index (χ4v) is 3.36. The van der Waals surface area contributed by atoms with E-state index in [1.165, 1.54) is 6.33 Å². The van der Waals surface area contributed by atoms with Crippen LogP contribution in [0, 0.1) is 12.8 Å². The number of fused-ring (bicyclic) bond motifs is 1. The van der Waals surface area contributed by atoms with Gasteiger partial charge < -0.3 is 19.8 Å². The maximum atomic E-state index is 6.06. The molecule has 0 aliphatic carbocycles. The first kappa shape index (κ1) is 23.6. The van der Waals surface area contributed by atoms with Gasteiger partial charge in [0.25, 0.3) is 0 Å². The van der Waals surface area contributed by atoms with Crippen molar-refractivity contribution in [2.24, 2.45) is 0 Å². The molecular weight excluding hydrogens is 402 g/mol. The van der Waals surface area contributed by atoms with Crippen LogP contribution in [0.25, 0.3) is 11.2 Å². The van der Waals surface area contributed by atoms with E-state index >= 15 is 0 Å². The van der Waals surface area contributed by atoms with E-state index in [1.807, 2.05) is 22.8 Å². The van der Waals surface area contributed by atoms with E-state index in [2.05, 4.69) is 33.9 Å². The Kier molecular flexibility index (Phi) is 10.1. The van der Waals surface area contributed by atoms with Crippen LogP contribution >= 0.6 is 11.6 Å². The maximum absolute atomic E-state index is 6.06. The van der Waals surface area contributed by atoms with Crippen LogP contribution in [0.1, 0.15) is 37.4 Å². The van der Waals surface area contributed by atoms with Crippen LogP contribution < -0.4 is 5.73 Å². The monoisotopic (exact) mass is 429 g/mol. The highest BCUT2D eigenvalue weighted by Gasteiger charge is 2.10. The molecular formula is C22H28ClN5O2. The zero-order chi connectivity index (χ0) is 21.8. The van der Waals surface area contributed by atoms with Gasteiger partial charge in [0, 0.05) is 25.3 Å². The van der Waals surface area contributed by atoms with E-state index in [0.717, 1.165) is 48.5 Å². The summed E-state index contributed by atoms with van der Waals surface area (Å²) in [6, 6.07) is 7.86. The number of anilines is 1. The molecule has 0 saturated heterocycles. The standard InChI is InChI=1S/C20H26ClN5O2.C2H2/c1-27-17(15-6-5-7-16(21)12-15)8-3-2-4-10-28-11-9-26-14-25-18-19(22)23-13-24-20(18)26;1-2/h5-7,12-14,17H,2-4,8-11H2,1H3,(H2,22,23,24);1-2H/t17-;/m1./s1. The topological polar surface area (TPSA) is 88.1 Å². The lowest BCUT2D eigenvalue weighted by Gasteiger charge is -2.16. The van der Waals surface area contributed by atoms with Crippen LogP contribution in [-0.4, -0.2) is 39.8 Å². The molecule has 0 spiro atoms. The largest absolute Gasteiger partial charge is 0.382 e. The number of halogens is 1. The third-order valence-corrected chi connectivity index (χ3v) is 4.90. The first-order valence-electron chi connectivity index (χ1n) is 9.79. The van der Waals surface area contributed by atoms with E-state index < -0.39 is 0 Å². The number of aromatic nitrogens is 4. The molecule has 2 N–H and O–H groups in total. The Balaban J connectivity index is 0.00000155. The van der Waals surface area contributed by atoms with Crippen molar-refractivity contribution in [3.8, 4) is 12.8 Å². The molecule has 0 amide bonds. The molecule has 0 radical (unpaired) electrons. The number of benzene rings is 1. The predicted molar refractivity (Wildman–Crippen MR) is 120 cm³/mol. The minimum Gasteiger partial charge on any atom is -0.382 e. The Labute approximate surface area is 182 Å². The Morgan fingerprint density at radius 2 is 1.97 bits per heavy atom. The molecule has 0 aliphatic heterocycles. The van der Waals surface area contributed by atoms with Crippen molar-refractivity contribution < 1.29 is 9.47 Å². The van der Waals surface area contributed by atoms with E-state index in [4.69, 9.17) is 26.8 Å². The highest BCUT2D eigenvalue weighted by molar-refractivity contribution is 6.30. The molecule has 0 fully saturated rings. The van der Waals surface area contributed by atoms with Crippen LogP contribution in [0.2, 0.25) is 5.02 Å². The third-order valence-electron chi connectivity index (χ3n) is 4.67. The number of hydrogen-bond donors (Lipinski definition) is 1. The quantitative estimate of drug-likeness (QED) is 0.361. The highest BCUT2D eigenvalue weighted by atomic mass is 35.5. The number of imidazole rings is 1. The maximum Gasteiger partial charge on any atom is 0.165 e. The van der Waals surface area contributed by atoms with Gasteiger partial charge in [0.2, 0.25) is 0 Å². The zero-order valence-electron chi connectivity index (χ0n) is 17.2. The number of nitrogens with zero attached hydrogens (tertiary/aromatic N) is 4. The van der Waals surface area contributed by atoms with E-state index in [1.54, 1.807) is 13.4 Å². The summed E-state index contributed by atoms with van der Waals surface area (Å²) in [5.41, 5.74) is 8.30. The van der Waals surface area contributed by atoms with E-state index in [0.29, 0.717) is 24.5 Å². The van der Waals surface area contributed by atoms with Crippen LogP contribution in [0.5, 0.6) is 0 Å². The highest BCUT2D eigenvalue weighted by Crippen LogP contribution is 2.25. The van der Waals surface area contributed by atoms with Crippen molar-refractivity contribution >= 4 is 28.6 Å². The average molecular weight is 430 g/mol. The van der Waals surface area contributed by atoms with Gasteiger partial charge in [-0.1, -0.05) is 36.6 Å². The molecule has 8 heteroatoms. The molecule has 3 aromatic rings. The van der Waals surface area contributed by atoms with Gasteiger partial charge in [-0.25, -0.2) is 15.0 Å². The number of nitrogen functional groups attached to an aromatic ring is 1. The van der Waals surface area contributed by atoms with Gasteiger partial charge in [-0.15, -0.1) is 12.8 Å². The van der Waals surface area contributed by atoms with Gasteiger partial charge in [0.15, 0.2) is 11.5 Å². The molecule has 0 saturated carbocycles. The lowest BCUT2D eigenvalue weighted by molar-refractivity contribution is 0.0902. The molecule has 2 aromatic heterocycles. The molecule has 7 nitrogen and oxygen atoms in total. The van der Waals surface area contributed by atoms with Crippen LogP contribution in [0.3, 0.4) is 0 Å². The number of unbranched alkanes of at least 4 members (excludes halogenated alkanes) is 2. The zero-order valence-corrected chi connectivity index (χ0v) is 18.0. The first-order chi connectivity index (χ1) is 14.7. The number of nitrogens with two attached hydrogens (primary N) is 1. The first-order valence-corrected chi connectivity index (χ1v) is 10.2. The van der Waals surface area contributed by atoms with Gasteiger partial charge in [-0.05, 0) is 30.5 Å². The third kappa shape index (κ3) is 6.70. The van der Waals surface area contributed by atoms with Gasteiger partial charge in [-0.2, -0.15) is 0 Å². The molecule has 160 valence electrons. The SMILES string of the molecule is C#C.CO[C@H](CCCCCOCCn1cnc2c(N)ncnc21)c1cccc(Cl)c1. The summed E-state index contributed by atoms with van der Waals surface area (Å²) in [6.45, 7) is 2.03. The number of rotatable bonds is 11. The molecule has 0 unspecified atom stereocenters. The van der Waals surface area contributed by atoms with Crippen LogP contribution in [0.4, 0.5) is 5.82 Å². The predicted octanol–water partition coefficient (Wildman–Crippen LogP) is 4.28. The summed E-state index contributed by atoms with van der Waals surface area (Å²) >= 11 is 6.06. The summed E-state index contributed by atoms with van der Waals surface area (Å²) in [4.78, 5) is 12.4. The second kappa shape index (κ2) is 12.8. The lowest BCUT2D eigenvalue weighted by atomic mass is 10.0. The average Bonchev–Trinajstić information content (AvgIpc) is 3.18. The summed E-state index contributed by atoms with van der Waals surface area (Å²) in [5, 5.41) is 0.743. The second-order valence-corrected chi connectivity index (χ2v) is 7.05. The van der Waals surface area contributed by atoms with Crippen molar-refractivity contribution in [1.82, 2.24) is 19.5 Å². The lowest BCUT2D eigenvalue weighted by Crippen LogP contribution is -2.07. The second-order valence-electron chi connectivity index (χ2n) is 6.61.